The van der Waals surface area contributed by atoms with Crippen LogP contribution < -0.4 is 11.2 Å². The van der Waals surface area contributed by atoms with Gasteiger partial charge >= 0.3 is 5.69 Å². The van der Waals surface area contributed by atoms with E-state index in [1.54, 1.807) is 19.2 Å². The van der Waals surface area contributed by atoms with Crippen LogP contribution in [-0.2, 0) is 14.1 Å². The van der Waals surface area contributed by atoms with Gasteiger partial charge in [0.2, 0.25) is 0 Å². The molecule has 0 unspecified atom stereocenters. The number of rotatable bonds is 5. The SMILES string of the molecule is CCCN(CC1CC1)C(=O)c1ccc2c(=O)n(C)c(=O)n(C)c2n1. The summed E-state index contributed by atoms with van der Waals surface area (Å²) in [5.41, 5.74) is -0.326. The highest BCUT2D eigenvalue weighted by atomic mass is 16.2. The van der Waals surface area contributed by atoms with Crippen LogP contribution in [0.25, 0.3) is 11.0 Å². The molecule has 1 fully saturated rings. The first-order valence-corrected chi connectivity index (χ1v) is 8.30. The molecular formula is C17H22N4O3. The van der Waals surface area contributed by atoms with Gasteiger partial charge in [-0.2, -0.15) is 0 Å². The molecule has 1 saturated carbocycles. The molecule has 0 N–H and O–H groups in total. The molecule has 2 aromatic heterocycles. The lowest BCUT2D eigenvalue weighted by Crippen LogP contribution is -2.38. The highest BCUT2D eigenvalue weighted by Gasteiger charge is 2.27. The van der Waals surface area contributed by atoms with Gasteiger partial charge in [-0.1, -0.05) is 6.92 Å². The number of nitrogens with zero attached hydrogens (tertiary/aromatic N) is 4. The lowest BCUT2D eigenvalue weighted by atomic mass is 10.2. The Kier molecular flexibility index (Phi) is 4.26. The van der Waals surface area contributed by atoms with Crippen molar-refractivity contribution >= 4 is 16.9 Å². The molecule has 24 heavy (non-hydrogen) atoms. The van der Waals surface area contributed by atoms with E-state index in [4.69, 9.17) is 0 Å². The van der Waals surface area contributed by atoms with Gasteiger partial charge in [0, 0.05) is 27.2 Å². The van der Waals surface area contributed by atoms with Crippen LogP contribution >= 0.6 is 0 Å². The third-order valence-electron chi connectivity index (χ3n) is 4.48. The standard InChI is InChI=1S/C17H22N4O3/c1-4-9-21(10-11-5-6-11)16(23)13-8-7-12-14(18-13)19(2)17(24)20(3)15(12)22/h7-8,11H,4-6,9-10H2,1-3H3. The molecule has 3 rings (SSSR count). The van der Waals surface area contributed by atoms with Gasteiger partial charge in [-0.3, -0.25) is 18.7 Å². The average molecular weight is 330 g/mol. The van der Waals surface area contributed by atoms with Gasteiger partial charge in [0.25, 0.3) is 11.5 Å². The summed E-state index contributed by atoms with van der Waals surface area (Å²) < 4.78 is 2.35. The Morgan fingerprint density at radius 1 is 1.25 bits per heavy atom. The number of pyridine rings is 1. The van der Waals surface area contributed by atoms with Gasteiger partial charge in [-0.25, -0.2) is 9.78 Å². The van der Waals surface area contributed by atoms with Crippen LogP contribution in [0, 0.1) is 5.92 Å². The first-order chi connectivity index (χ1) is 11.4. The normalized spacial score (nSPS) is 14.1. The average Bonchev–Trinajstić information content (AvgIpc) is 3.40. The number of fused-ring (bicyclic) bond motifs is 1. The van der Waals surface area contributed by atoms with Crippen LogP contribution in [0.4, 0.5) is 0 Å². The maximum atomic E-state index is 12.8. The van der Waals surface area contributed by atoms with Crippen molar-refractivity contribution in [2.24, 2.45) is 20.0 Å². The Morgan fingerprint density at radius 2 is 1.96 bits per heavy atom. The topological polar surface area (TPSA) is 77.2 Å². The maximum Gasteiger partial charge on any atom is 0.332 e. The Labute approximate surface area is 139 Å². The molecule has 2 aromatic rings. The highest BCUT2D eigenvalue weighted by molar-refractivity contribution is 5.94. The van der Waals surface area contributed by atoms with Crippen molar-refractivity contribution in [3.8, 4) is 0 Å². The number of carbonyl (C=O) groups excluding carboxylic acids is 1. The Bertz CT molecular complexity index is 908. The smallest absolute Gasteiger partial charge is 0.332 e. The fourth-order valence-corrected chi connectivity index (χ4v) is 2.89. The van der Waals surface area contributed by atoms with Crippen molar-refractivity contribution in [1.82, 2.24) is 19.0 Å². The van der Waals surface area contributed by atoms with E-state index < -0.39 is 11.2 Å². The quantitative estimate of drug-likeness (QED) is 0.816. The Hall–Kier alpha value is -2.44. The van der Waals surface area contributed by atoms with Crippen molar-refractivity contribution in [2.75, 3.05) is 13.1 Å². The number of amides is 1. The first-order valence-electron chi connectivity index (χ1n) is 8.30. The molecule has 1 aliphatic carbocycles. The molecule has 128 valence electrons. The lowest BCUT2D eigenvalue weighted by Gasteiger charge is -2.21. The van der Waals surface area contributed by atoms with Crippen LogP contribution in [0.3, 0.4) is 0 Å². The molecule has 1 amide bonds. The van der Waals surface area contributed by atoms with Crippen molar-refractivity contribution < 1.29 is 4.79 Å². The van der Waals surface area contributed by atoms with E-state index in [0.717, 1.165) is 17.5 Å². The molecular weight excluding hydrogens is 308 g/mol. The van der Waals surface area contributed by atoms with E-state index >= 15 is 0 Å². The van der Waals surface area contributed by atoms with Crippen LogP contribution in [0.2, 0.25) is 0 Å². The fraction of sp³-hybridized carbons (Fsp3) is 0.529. The fourth-order valence-electron chi connectivity index (χ4n) is 2.89. The summed E-state index contributed by atoms with van der Waals surface area (Å²) in [5.74, 6) is 0.455. The predicted octanol–water partition coefficient (Wildman–Crippen LogP) is 0.894. The number of aryl methyl sites for hydroxylation is 1. The molecule has 0 radical (unpaired) electrons. The van der Waals surface area contributed by atoms with E-state index in [0.29, 0.717) is 17.8 Å². The van der Waals surface area contributed by atoms with Gasteiger partial charge in [-0.05, 0) is 37.3 Å². The van der Waals surface area contributed by atoms with E-state index in [1.807, 2.05) is 11.8 Å². The third-order valence-corrected chi connectivity index (χ3v) is 4.48. The van der Waals surface area contributed by atoms with Crippen molar-refractivity contribution in [1.29, 1.82) is 0 Å². The number of carbonyl (C=O) groups is 1. The minimum absolute atomic E-state index is 0.140. The zero-order valence-electron chi connectivity index (χ0n) is 14.3. The van der Waals surface area contributed by atoms with E-state index in [-0.39, 0.29) is 17.2 Å². The molecule has 1 aliphatic rings. The largest absolute Gasteiger partial charge is 0.337 e. The zero-order chi connectivity index (χ0) is 17.4. The molecule has 2 heterocycles. The van der Waals surface area contributed by atoms with E-state index in [2.05, 4.69) is 4.98 Å². The van der Waals surface area contributed by atoms with Crippen molar-refractivity contribution in [3.63, 3.8) is 0 Å². The molecule has 0 bridgehead atoms. The van der Waals surface area contributed by atoms with Gasteiger partial charge in [0.1, 0.15) is 11.3 Å². The van der Waals surface area contributed by atoms with Gasteiger partial charge in [0.15, 0.2) is 0 Å². The number of aromatic nitrogens is 3. The number of hydrogen-bond donors (Lipinski definition) is 0. The summed E-state index contributed by atoms with van der Waals surface area (Å²) in [4.78, 5) is 43.2. The summed E-state index contributed by atoms with van der Waals surface area (Å²) in [6, 6.07) is 3.16. The van der Waals surface area contributed by atoms with Gasteiger partial charge < -0.3 is 4.90 Å². The second-order valence-corrected chi connectivity index (χ2v) is 6.47. The third kappa shape index (κ3) is 2.86. The van der Waals surface area contributed by atoms with Gasteiger partial charge in [0.05, 0.1) is 5.39 Å². The summed E-state index contributed by atoms with van der Waals surface area (Å²) in [7, 11) is 2.99. The minimum atomic E-state index is -0.451. The first kappa shape index (κ1) is 16.4. The zero-order valence-corrected chi connectivity index (χ0v) is 14.3. The summed E-state index contributed by atoms with van der Waals surface area (Å²) in [6.45, 7) is 3.47. The summed E-state index contributed by atoms with van der Waals surface area (Å²) >= 11 is 0. The molecule has 0 aromatic carbocycles. The molecule has 7 heteroatoms. The second kappa shape index (κ2) is 6.22. The minimum Gasteiger partial charge on any atom is -0.337 e. The second-order valence-electron chi connectivity index (χ2n) is 6.47. The van der Waals surface area contributed by atoms with Crippen LogP contribution in [0.1, 0.15) is 36.7 Å². The van der Waals surface area contributed by atoms with Crippen molar-refractivity contribution in [2.45, 2.75) is 26.2 Å². The summed E-state index contributed by atoms with van der Waals surface area (Å²) in [6.07, 6.45) is 3.22. The molecule has 0 aliphatic heterocycles. The maximum absolute atomic E-state index is 12.8. The van der Waals surface area contributed by atoms with Crippen LogP contribution in [-0.4, -0.2) is 38.0 Å². The molecule has 0 saturated heterocycles. The Morgan fingerprint density at radius 3 is 2.58 bits per heavy atom. The molecule has 0 atom stereocenters. The van der Waals surface area contributed by atoms with Gasteiger partial charge in [-0.15, -0.1) is 0 Å². The number of hydrogen-bond acceptors (Lipinski definition) is 4. The van der Waals surface area contributed by atoms with Crippen LogP contribution in [0.15, 0.2) is 21.7 Å². The van der Waals surface area contributed by atoms with Crippen LogP contribution in [0.5, 0.6) is 0 Å². The Balaban J connectivity index is 2.04. The molecule has 0 spiro atoms. The summed E-state index contributed by atoms with van der Waals surface area (Å²) in [5, 5.41) is 0.334. The monoisotopic (exact) mass is 330 g/mol. The molecule has 7 nitrogen and oxygen atoms in total. The lowest BCUT2D eigenvalue weighted by molar-refractivity contribution is 0.0742. The van der Waals surface area contributed by atoms with E-state index in [9.17, 15) is 14.4 Å². The van der Waals surface area contributed by atoms with Crippen molar-refractivity contribution in [3.05, 3.63) is 38.7 Å². The predicted molar refractivity (Wildman–Crippen MR) is 91.1 cm³/mol. The van der Waals surface area contributed by atoms with E-state index in [1.165, 1.54) is 24.5 Å². The highest BCUT2D eigenvalue weighted by Crippen LogP contribution is 2.30.